The van der Waals surface area contributed by atoms with Crippen molar-refractivity contribution in [2.24, 2.45) is 5.73 Å². The van der Waals surface area contributed by atoms with E-state index in [0.29, 0.717) is 6.54 Å². The molecule has 0 spiro atoms. The number of rotatable bonds is 4. The Balaban J connectivity index is 2.14. The van der Waals surface area contributed by atoms with Crippen molar-refractivity contribution in [1.82, 2.24) is 15.2 Å². The predicted molar refractivity (Wildman–Crippen MR) is 86.0 cm³/mol. The van der Waals surface area contributed by atoms with E-state index < -0.39 is 0 Å². The Hall–Kier alpha value is -2.20. The van der Waals surface area contributed by atoms with E-state index in [1.807, 2.05) is 18.5 Å². The van der Waals surface area contributed by atoms with Crippen LogP contribution in [0.4, 0.5) is 0 Å². The summed E-state index contributed by atoms with van der Waals surface area (Å²) in [5.41, 5.74) is 10.4. The maximum atomic E-state index is 5.99. The van der Waals surface area contributed by atoms with Gasteiger partial charge in [-0.2, -0.15) is 5.10 Å². The Bertz CT molecular complexity index is 756. The fourth-order valence-corrected chi connectivity index (χ4v) is 2.63. The van der Waals surface area contributed by atoms with Gasteiger partial charge in [-0.15, -0.1) is 0 Å². The number of fused-ring (bicyclic) bond motifs is 1. The first-order valence-corrected chi connectivity index (χ1v) is 7.27. The number of H-pyrrole nitrogens is 1. The Kier molecular flexibility index (Phi) is 3.47. The number of nitrogens with one attached hydrogen (secondary N) is 1. The molecule has 21 heavy (non-hydrogen) atoms. The van der Waals surface area contributed by atoms with Crippen molar-refractivity contribution in [1.29, 1.82) is 0 Å². The lowest BCUT2D eigenvalue weighted by molar-refractivity contribution is 0.467. The van der Waals surface area contributed by atoms with E-state index in [9.17, 15) is 0 Å². The first-order valence-electron chi connectivity index (χ1n) is 7.27. The normalized spacial score (nSPS) is 14.2. The quantitative estimate of drug-likeness (QED) is 0.771. The summed E-state index contributed by atoms with van der Waals surface area (Å²) in [4.78, 5) is 4.29. The minimum atomic E-state index is 0.0125. The Labute approximate surface area is 124 Å². The van der Waals surface area contributed by atoms with Crippen molar-refractivity contribution in [2.75, 3.05) is 6.54 Å². The molecule has 0 aliphatic carbocycles. The molecule has 0 bridgehead atoms. The lowest BCUT2D eigenvalue weighted by Crippen LogP contribution is -2.30. The second kappa shape index (κ2) is 5.30. The predicted octanol–water partition coefficient (Wildman–Crippen LogP) is 3.25. The van der Waals surface area contributed by atoms with E-state index in [4.69, 9.17) is 5.73 Å². The molecule has 0 saturated carbocycles. The number of benzene rings is 1. The minimum Gasteiger partial charge on any atom is -0.330 e. The van der Waals surface area contributed by atoms with Crippen LogP contribution in [0.25, 0.3) is 22.2 Å². The van der Waals surface area contributed by atoms with Gasteiger partial charge in [-0.05, 0) is 29.2 Å². The smallest absolute Gasteiger partial charge is 0.155 e. The molecule has 1 aromatic carbocycles. The van der Waals surface area contributed by atoms with Crippen LogP contribution < -0.4 is 5.73 Å². The zero-order valence-electron chi connectivity index (χ0n) is 12.4. The molecule has 1 unspecified atom stereocenters. The zero-order valence-corrected chi connectivity index (χ0v) is 12.4. The molecule has 0 amide bonds. The molecule has 0 aliphatic rings. The van der Waals surface area contributed by atoms with Gasteiger partial charge in [0, 0.05) is 23.5 Å². The molecule has 3 rings (SSSR count). The van der Waals surface area contributed by atoms with Gasteiger partial charge < -0.3 is 5.73 Å². The zero-order chi connectivity index (χ0) is 14.9. The van der Waals surface area contributed by atoms with Crippen LogP contribution in [0.5, 0.6) is 0 Å². The molecule has 4 heteroatoms. The summed E-state index contributed by atoms with van der Waals surface area (Å²) < 4.78 is 0. The summed E-state index contributed by atoms with van der Waals surface area (Å²) in [6.07, 6.45) is 4.65. The molecule has 2 heterocycles. The highest BCUT2D eigenvalue weighted by molar-refractivity contribution is 5.92. The van der Waals surface area contributed by atoms with Gasteiger partial charge in [0.2, 0.25) is 0 Å². The Morgan fingerprint density at radius 1 is 1.29 bits per heavy atom. The van der Waals surface area contributed by atoms with Crippen LogP contribution in [0, 0.1) is 0 Å². The van der Waals surface area contributed by atoms with Crippen molar-refractivity contribution < 1.29 is 0 Å². The highest BCUT2D eigenvalue weighted by atomic mass is 15.1. The number of aromatic nitrogens is 3. The van der Waals surface area contributed by atoms with Gasteiger partial charge in [-0.3, -0.25) is 5.10 Å². The lowest BCUT2D eigenvalue weighted by atomic mass is 9.79. The van der Waals surface area contributed by atoms with Crippen molar-refractivity contribution in [2.45, 2.75) is 25.7 Å². The van der Waals surface area contributed by atoms with Gasteiger partial charge in [0.15, 0.2) is 5.65 Å². The largest absolute Gasteiger partial charge is 0.330 e. The van der Waals surface area contributed by atoms with Crippen molar-refractivity contribution in [3.05, 3.63) is 48.3 Å². The molecular formula is C17H20N4. The summed E-state index contributed by atoms with van der Waals surface area (Å²) in [5.74, 6) is 0. The highest BCUT2D eigenvalue weighted by Gasteiger charge is 2.23. The van der Waals surface area contributed by atoms with Crippen molar-refractivity contribution >= 4 is 11.0 Å². The average molecular weight is 280 g/mol. The second-order valence-corrected chi connectivity index (χ2v) is 5.69. The summed E-state index contributed by atoms with van der Waals surface area (Å²) in [5, 5.41) is 8.04. The number of aromatic amines is 1. The molecule has 3 N–H and O–H groups in total. The molecule has 0 radical (unpaired) electrons. The van der Waals surface area contributed by atoms with Gasteiger partial charge >= 0.3 is 0 Å². The number of hydrogen-bond acceptors (Lipinski definition) is 3. The summed E-state index contributed by atoms with van der Waals surface area (Å²) >= 11 is 0. The van der Waals surface area contributed by atoms with E-state index in [2.05, 4.69) is 53.3 Å². The Morgan fingerprint density at radius 3 is 2.90 bits per heavy atom. The molecule has 108 valence electrons. The molecule has 4 nitrogen and oxygen atoms in total. The number of nitrogens with zero attached hydrogens (tertiary/aromatic N) is 2. The van der Waals surface area contributed by atoms with E-state index in [-0.39, 0.29) is 5.41 Å². The molecule has 1 atom stereocenters. The van der Waals surface area contributed by atoms with E-state index in [1.165, 1.54) is 11.1 Å². The number of pyridine rings is 1. The van der Waals surface area contributed by atoms with Gasteiger partial charge in [0.25, 0.3) is 0 Å². The maximum Gasteiger partial charge on any atom is 0.155 e. The molecule has 3 aromatic rings. The van der Waals surface area contributed by atoms with Gasteiger partial charge in [0.05, 0.1) is 6.20 Å². The van der Waals surface area contributed by atoms with Crippen molar-refractivity contribution in [3.8, 4) is 11.1 Å². The molecule has 2 aromatic heterocycles. The van der Waals surface area contributed by atoms with Crippen LogP contribution >= 0.6 is 0 Å². The Morgan fingerprint density at radius 2 is 2.14 bits per heavy atom. The number of nitrogens with two attached hydrogens (primary N) is 1. The molecule has 0 aliphatic heterocycles. The van der Waals surface area contributed by atoms with Crippen LogP contribution in [0.15, 0.2) is 42.7 Å². The molecule has 0 fully saturated rings. The van der Waals surface area contributed by atoms with Crippen LogP contribution in [0.3, 0.4) is 0 Å². The SMILES string of the molecule is CCC(C)(CN)c1cccc(-c2ccnc3[nH]ncc23)c1. The van der Waals surface area contributed by atoms with E-state index in [0.717, 1.165) is 23.0 Å². The third-order valence-corrected chi connectivity index (χ3v) is 4.46. The number of hydrogen-bond donors (Lipinski definition) is 2. The van der Waals surface area contributed by atoms with Crippen LogP contribution in [0.1, 0.15) is 25.8 Å². The first kappa shape index (κ1) is 13.8. The second-order valence-electron chi connectivity index (χ2n) is 5.69. The van der Waals surface area contributed by atoms with Gasteiger partial charge in [-0.25, -0.2) is 4.98 Å². The average Bonchev–Trinajstić information content (AvgIpc) is 3.02. The molecule has 0 saturated heterocycles. The van der Waals surface area contributed by atoms with Crippen LogP contribution in [0.2, 0.25) is 0 Å². The third-order valence-electron chi connectivity index (χ3n) is 4.46. The highest BCUT2D eigenvalue weighted by Crippen LogP contribution is 2.32. The monoisotopic (exact) mass is 280 g/mol. The third kappa shape index (κ3) is 2.32. The minimum absolute atomic E-state index is 0.0125. The van der Waals surface area contributed by atoms with Crippen LogP contribution in [-0.2, 0) is 5.41 Å². The summed E-state index contributed by atoms with van der Waals surface area (Å²) in [7, 11) is 0. The molecular weight excluding hydrogens is 260 g/mol. The maximum absolute atomic E-state index is 5.99. The van der Waals surface area contributed by atoms with Gasteiger partial charge in [0.1, 0.15) is 0 Å². The summed E-state index contributed by atoms with van der Waals surface area (Å²) in [6, 6.07) is 10.6. The lowest BCUT2D eigenvalue weighted by Gasteiger charge is -2.27. The summed E-state index contributed by atoms with van der Waals surface area (Å²) in [6.45, 7) is 5.04. The van der Waals surface area contributed by atoms with E-state index in [1.54, 1.807) is 0 Å². The van der Waals surface area contributed by atoms with Gasteiger partial charge in [-0.1, -0.05) is 38.1 Å². The van der Waals surface area contributed by atoms with Crippen LogP contribution in [-0.4, -0.2) is 21.7 Å². The fraction of sp³-hybridized carbons (Fsp3) is 0.294. The van der Waals surface area contributed by atoms with Crippen molar-refractivity contribution in [3.63, 3.8) is 0 Å². The van der Waals surface area contributed by atoms with E-state index >= 15 is 0 Å². The topological polar surface area (TPSA) is 67.6 Å². The first-order chi connectivity index (χ1) is 10.2. The fourth-order valence-electron chi connectivity index (χ4n) is 2.63. The standard InChI is InChI=1S/C17H20N4/c1-3-17(2,11-18)13-6-4-5-12(9-13)14-7-8-19-16-15(14)10-20-21-16/h4-10H,3,11,18H2,1-2H3,(H,19,20,21).